The minimum atomic E-state index is -4.36. The van der Waals surface area contributed by atoms with Crippen LogP contribution in [-0.4, -0.2) is 53.2 Å². The molecule has 2 fully saturated rings. The zero-order valence-electron chi connectivity index (χ0n) is 22.7. The summed E-state index contributed by atoms with van der Waals surface area (Å²) in [5.74, 6) is 1.46. The van der Waals surface area contributed by atoms with Crippen LogP contribution in [0.1, 0.15) is 59.3 Å². The molecule has 0 aliphatic carbocycles. The number of anilines is 1. The van der Waals surface area contributed by atoms with Crippen LogP contribution in [0.2, 0.25) is 0 Å². The summed E-state index contributed by atoms with van der Waals surface area (Å²) in [7, 11) is 0. The molecule has 2 aliphatic rings. The number of alkyl halides is 3. The number of hydrogen-bond acceptors (Lipinski definition) is 7. The SMILES string of the molecule is N#Cc1ccc(CN2CCC(CC(=O)c3ccc(N4CCC(Oc5ccc(C(F)(F)F)cc5)CC4)nn3)CC2)cc1. The number of carbonyl (C=O) groups is 1. The van der Waals surface area contributed by atoms with Crippen LogP contribution in [-0.2, 0) is 12.7 Å². The van der Waals surface area contributed by atoms with E-state index in [0.29, 0.717) is 61.1 Å². The monoisotopic (exact) mass is 563 g/mol. The molecule has 1 aromatic heterocycles. The molecule has 7 nitrogen and oxygen atoms in total. The number of Topliss-reactive ketones (excluding diaryl/α,β-unsaturated/α-hetero) is 1. The van der Waals surface area contributed by atoms with Gasteiger partial charge < -0.3 is 9.64 Å². The Balaban J connectivity index is 1.04. The molecule has 2 saturated heterocycles. The Hall–Kier alpha value is -3.97. The molecule has 0 N–H and O–H groups in total. The maximum absolute atomic E-state index is 12.9. The molecule has 10 heteroatoms. The Morgan fingerprint density at radius 2 is 1.59 bits per heavy atom. The highest BCUT2D eigenvalue weighted by Gasteiger charge is 2.30. The number of hydrogen-bond donors (Lipinski definition) is 0. The van der Waals surface area contributed by atoms with Gasteiger partial charge in [-0.05, 0) is 85.9 Å². The van der Waals surface area contributed by atoms with Gasteiger partial charge in [-0.2, -0.15) is 18.4 Å². The highest BCUT2D eigenvalue weighted by molar-refractivity contribution is 5.94. The number of nitrogens with zero attached hydrogens (tertiary/aromatic N) is 5. The van der Waals surface area contributed by atoms with Crippen molar-refractivity contribution in [3.63, 3.8) is 0 Å². The van der Waals surface area contributed by atoms with E-state index in [1.54, 1.807) is 6.07 Å². The number of carbonyl (C=O) groups excluding carboxylic acids is 1. The average Bonchev–Trinajstić information content (AvgIpc) is 2.99. The summed E-state index contributed by atoms with van der Waals surface area (Å²) in [4.78, 5) is 17.4. The molecule has 0 unspecified atom stereocenters. The van der Waals surface area contributed by atoms with E-state index in [4.69, 9.17) is 10.00 Å². The van der Waals surface area contributed by atoms with E-state index in [0.717, 1.165) is 44.6 Å². The third kappa shape index (κ3) is 7.61. The topological polar surface area (TPSA) is 82.4 Å². The van der Waals surface area contributed by atoms with Crippen LogP contribution in [0.25, 0.3) is 0 Å². The molecule has 3 heterocycles. The van der Waals surface area contributed by atoms with Crippen molar-refractivity contribution in [1.82, 2.24) is 15.1 Å². The molecular weight excluding hydrogens is 531 g/mol. The van der Waals surface area contributed by atoms with Crippen molar-refractivity contribution in [3.8, 4) is 11.8 Å². The number of benzene rings is 2. The van der Waals surface area contributed by atoms with Gasteiger partial charge in [0.1, 0.15) is 17.5 Å². The van der Waals surface area contributed by atoms with Gasteiger partial charge in [0.2, 0.25) is 0 Å². The smallest absolute Gasteiger partial charge is 0.416 e. The summed E-state index contributed by atoms with van der Waals surface area (Å²) in [6.07, 6.45) is -0.676. The Morgan fingerprint density at radius 3 is 2.17 bits per heavy atom. The second-order valence-electron chi connectivity index (χ2n) is 10.8. The van der Waals surface area contributed by atoms with Gasteiger partial charge in [-0.25, -0.2) is 0 Å². The first kappa shape index (κ1) is 28.6. The van der Waals surface area contributed by atoms with Crippen LogP contribution in [0.15, 0.2) is 60.7 Å². The van der Waals surface area contributed by atoms with Gasteiger partial charge in [-0.3, -0.25) is 9.69 Å². The number of ether oxygens (including phenoxy) is 1. The number of rotatable bonds is 8. The summed E-state index contributed by atoms with van der Waals surface area (Å²) < 4.78 is 44.2. The minimum Gasteiger partial charge on any atom is -0.490 e. The second-order valence-corrected chi connectivity index (χ2v) is 10.8. The van der Waals surface area contributed by atoms with Crippen LogP contribution in [0, 0.1) is 17.2 Å². The first-order chi connectivity index (χ1) is 19.8. The van der Waals surface area contributed by atoms with Crippen LogP contribution in [0.3, 0.4) is 0 Å². The molecule has 3 aromatic rings. The third-order valence-electron chi connectivity index (χ3n) is 7.86. The molecule has 0 atom stereocenters. The maximum atomic E-state index is 12.9. The molecule has 0 amide bonds. The van der Waals surface area contributed by atoms with Crippen molar-refractivity contribution >= 4 is 11.6 Å². The molecule has 41 heavy (non-hydrogen) atoms. The van der Waals surface area contributed by atoms with E-state index < -0.39 is 11.7 Å². The largest absolute Gasteiger partial charge is 0.490 e. The van der Waals surface area contributed by atoms with Gasteiger partial charge in [0.05, 0.1) is 17.2 Å². The van der Waals surface area contributed by atoms with Gasteiger partial charge in [0.15, 0.2) is 11.6 Å². The zero-order chi connectivity index (χ0) is 28.8. The van der Waals surface area contributed by atoms with Crippen molar-refractivity contribution in [2.45, 2.75) is 50.9 Å². The number of likely N-dealkylation sites (tertiary alicyclic amines) is 1. The minimum absolute atomic E-state index is 0.0123. The Morgan fingerprint density at radius 1 is 0.902 bits per heavy atom. The van der Waals surface area contributed by atoms with Crippen LogP contribution in [0.4, 0.5) is 19.0 Å². The quantitative estimate of drug-likeness (QED) is 0.316. The van der Waals surface area contributed by atoms with E-state index in [-0.39, 0.29) is 11.9 Å². The van der Waals surface area contributed by atoms with E-state index in [2.05, 4.69) is 26.1 Å². The highest BCUT2D eigenvalue weighted by atomic mass is 19.4. The summed E-state index contributed by atoms with van der Waals surface area (Å²) in [5.41, 5.74) is 1.54. The van der Waals surface area contributed by atoms with Crippen LogP contribution < -0.4 is 9.64 Å². The van der Waals surface area contributed by atoms with E-state index in [1.807, 2.05) is 30.3 Å². The summed E-state index contributed by atoms with van der Waals surface area (Å²) in [5, 5.41) is 17.5. The van der Waals surface area contributed by atoms with Gasteiger partial charge in [0, 0.05) is 38.9 Å². The molecule has 2 aliphatic heterocycles. The summed E-state index contributed by atoms with van der Waals surface area (Å²) in [6, 6.07) is 18.2. The molecule has 0 saturated carbocycles. The number of aromatic nitrogens is 2. The van der Waals surface area contributed by atoms with Crippen LogP contribution in [0.5, 0.6) is 5.75 Å². The van der Waals surface area contributed by atoms with Crippen molar-refractivity contribution in [2.24, 2.45) is 5.92 Å². The van der Waals surface area contributed by atoms with Crippen molar-refractivity contribution < 1.29 is 22.7 Å². The zero-order valence-corrected chi connectivity index (χ0v) is 22.7. The third-order valence-corrected chi connectivity index (χ3v) is 7.86. The fraction of sp³-hybridized carbons (Fsp3) is 0.419. The van der Waals surface area contributed by atoms with Gasteiger partial charge >= 0.3 is 6.18 Å². The van der Waals surface area contributed by atoms with E-state index >= 15 is 0 Å². The maximum Gasteiger partial charge on any atom is 0.416 e. The molecule has 0 spiro atoms. The Labute approximate surface area is 237 Å². The fourth-order valence-corrected chi connectivity index (χ4v) is 5.42. The molecule has 0 radical (unpaired) electrons. The second kappa shape index (κ2) is 12.7. The van der Waals surface area contributed by atoms with Crippen molar-refractivity contribution in [1.29, 1.82) is 5.26 Å². The Kier molecular flexibility index (Phi) is 8.84. The van der Waals surface area contributed by atoms with Crippen molar-refractivity contribution in [3.05, 3.63) is 83.0 Å². The number of ketones is 1. The summed E-state index contributed by atoms with van der Waals surface area (Å²) >= 11 is 0. The Bertz CT molecular complexity index is 1340. The normalized spacial score (nSPS) is 17.3. The standard InChI is InChI=1S/C31H32F3N5O2/c32-31(33,34)25-5-7-26(8-6-25)41-27-13-17-39(18-14-27)30-10-9-28(36-37-30)29(40)19-22-11-15-38(16-12-22)21-24-3-1-23(20-35)2-4-24/h1-10,22,27H,11-19,21H2. The van der Waals surface area contributed by atoms with Gasteiger partial charge in [-0.1, -0.05) is 12.1 Å². The van der Waals surface area contributed by atoms with Gasteiger partial charge in [-0.15, -0.1) is 10.2 Å². The van der Waals surface area contributed by atoms with Gasteiger partial charge in [0.25, 0.3) is 0 Å². The molecular formula is C31H32F3N5O2. The molecule has 0 bridgehead atoms. The lowest BCUT2D eigenvalue weighted by Crippen LogP contribution is -2.38. The van der Waals surface area contributed by atoms with E-state index in [9.17, 15) is 18.0 Å². The number of nitriles is 1. The fourth-order valence-electron chi connectivity index (χ4n) is 5.42. The lowest BCUT2D eigenvalue weighted by atomic mass is 9.90. The highest BCUT2D eigenvalue weighted by Crippen LogP contribution is 2.31. The first-order valence-electron chi connectivity index (χ1n) is 13.9. The lowest BCUT2D eigenvalue weighted by Gasteiger charge is -2.32. The number of halogens is 3. The van der Waals surface area contributed by atoms with Crippen molar-refractivity contribution in [2.75, 3.05) is 31.1 Å². The number of piperidine rings is 2. The molecule has 214 valence electrons. The summed E-state index contributed by atoms with van der Waals surface area (Å²) in [6.45, 7) is 4.06. The molecule has 5 rings (SSSR count). The predicted octanol–water partition coefficient (Wildman–Crippen LogP) is 5.90. The first-order valence-corrected chi connectivity index (χ1v) is 13.9. The lowest BCUT2D eigenvalue weighted by molar-refractivity contribution is -0.137. The van der Waals surface area contributed by atoms with Crippen LogP contribution >= 0.6 is 0 Å². The van der Waals surface area contributed by atoms with E-state index in [1.165, 1.54) is 17.7 Å². The predicted molar refractivity (Wildman–Crippen MR) is 147 cm³/mol. The average molecular weight is 564 g/mol. The molecule has 2 aromatic carbocycles.